The van der Waals surface area contributed by atoms with E-state index in [0.29, 0.717) is 35.6 Å². The van der Waals surface area contributed by atoms with Gasteiger partial charge in [-0.1, -0.05) is 35.3 Å². The molecular weight excluding hydrogens is 506 g/mol. The number of hydrogen-bond donors (Lipinski definition) is 3. The third-order valence-electron chi connectivity index (χ3n) is 3.36. The fourth-order valence-electron chi connectivity index (χ4n) is 2.06. The first-order valence-electron chi connectivity index (χ1n) is 7.80. The van der Waals surface area contributed by atoms with Crippen molar-refractivity contribution in [3.8, 4) is 0 Å². The monoisotopic (exact) mass is 526 g/mol. The standard InChI is InChI=1S/C17H20Cl2N4OS.HI/c1-20-17(23-11-12-5-6-13(18)10-14(12)19)22-8-3-7-21-16(24)15-4-2-9-25-15;/h2,4-6,9-10H,3,7-8,11H2,1H3,(H,21,24)(H2,20,22,23);1H. The maximum Gasteiger partial charge on any atom is 0.261 e. The molecule has 5 nitrogen and oxygen atoms in total. The Labute approximate surface area is 184 Å². The van der Waals surface area contributed by atoms with E-state index in [-0.39, 0.29) is 29.9 Å². The Hall–Kier alpha value is -1.03. The Kier molecular flexibility index (Phi) is 11.0. The number of rotatable bonds is 7. The molecular formula is C17H21Cl2IN4OS. The van der Waals surface area contributed by atoms with Gasteiger partial charge in [0, 0.05) is 36.7 Å². The quantitative estimate of drug-likeness (QED) is 0.220. The van der Waals surface area contributed by atoms with Crippen molar-refractivity contribution in [3.05, 3.63) is 56.2 Å². The van der Waals surface area contributed by atoms with Crippen molar-refractivity contribution in [1.29, 1.82) is 0 Å². The summed E-state index contributed by atoms with van der Waals surface area (Å²) in [6.07, 6.45) is 0.791. The van der Waals surface area contributed by atoms with E-state index in [9.17, 15) is 4.79 Å². The van der Waals surface area contributed by atoms with Gasteiger partial charge in [-0.15, -0.1) is 35.3 Å². The van der Waals surface area contributed by atoms with Crippen LogP contribution in [-0.4, -0.2) is 32.0 Å². The highest BCUT2D eigenvalue weighted by Gasteiger charge is 2.05. The van der Waals surface area contributed by atoms with E-state index in [1.165, 1.54) is 11.3 Å². The summed E-state index contributed by atoms with van der Waals surface area (Å²) in [5, 5.41) is 12.4. The summed E-state index contributed by atoms with van der Waals surface area (Å²) in [5.74, 6) is 0.644. The van der Waals surface area contributed by atoms with Crippen LogP contribution < -0.4 is 16.0 Å². The number of thiophene rings is 1. The fourth-order valence-corrected chi connectivity index (χ4v) is 3.17. The number of carbonyl (C=O) groups excluding carboxylic acids is 1. The van der Waals surface area contributed by atoms with E-state index < -0.39 is 0 Å². The minimum absolute atomic E-state index is 0. The van der Waals surface area contributed by atoms with E-state index in [1.807, 2.05) is 23.6 Å². The summed E-state index contributed by atoms with van der Waals surface area (Å²) in [6, 6.07) is 9.07. The number of nitrogens with one attached hydrogen (secondary N) is 3. The molecule has 0 unspecified atom stereocenters. The molecule has 0 bridgehead atoms. The van der Waals surface area contributed by atoms with Gasteiger partial charge in [0.1, 0.15) is 0 Å². The van der Waals surface area contributed by atoms with Crippen LogP contribution in [0.1, 0.15) is 21.7 Å². The molecule has 0 spiro atoms. The van der Waals surface area contributed by atoms with E-state index in [1.54, 1.807) is 19.2 Å². The second-order valence-corrected chi connectivity index (χ2v) is 6.97. The highest BCUT2D eigenvalue weighted by molar-refractivity contribution is 14.0. The number of nitrogens with zero attached hydrogens (tertiary/aromatic N) is 1. The SMILES string of the molecule is CN=C(NCCCNC(=O)c1cccs1)NCc1ccc(Cl)cc1Cl.I. The summed E-state index contributed by atoms with van der Waals surface area (Å²) in [5.41, 5.74) is 0.942. The summed E-state index contributed by atoms with van der Waals surface area (Å²) < 4.78 is 0. The minimum atomic E-state index is -0.0325. The first kappa shape index (κ1) is 23.0. The molecule has 1 heterocycles. The van der Waals surface area contributed by atoms with Crippen molar-refractivity contribution >= 4 is 70.4 Å². The largest absolute Gasteiger partial charge is 0.356 e. The van der Waals surface area contributed by atoms with Gasteiger partial charge in [0.15, 0.2) is 5.96 Å². The molecule has 1 aromatic heterocycles. The second kappa shape index (κ2) is 12.4. The van der Waals surface area contributed by atoms with E-state index in [4.69, 9.17) is 23.2 Å². The Morgan fingerprint density at radius 3 is 2.58 bits per heavy atom. The Morgan fingerprint density at radius 2 is 1.92 bits per heavy atom. The van der Waals surface area contributed by atoms with Crippen LogP contribution in [0.5, 0.6) is 0 Å². The van der Waals surface area contributed by atoms with Crippen molar-refractivity contribution in [2.75, 3.05) is 20.1 Å². The van der Waals surface area contributed by atoms with E-state index in [0.717, 1.165) is 16.9 Å². The van der Waals surface area contributed by atoms with E-state index >= 15 is 0 Å². The average molecular weight is 527 g/mol. The molecule has 0 fully saturated rings. The molecule has 0 aliphatic heterocycles. The predicted molar refractivity (Wildman–Crippen MR) is 121 cm³/mol. The highest BCUT2D eigenvalue weighted by Crippen LogP contribution is 2.20. The Bertz CT molecular complexity index is 726. The van der Waals surface area contributed by atoms with Crippen LogP contribution in [-0.2, 0) is 6.54 Å². The van der Waals surface area contributed by atoms with Gasteiger partial charge in [-0.25, -0.2) is 0 Å². The topological polar surface area (TPSA) is 65.5 Å². The first-order valence-corrected chi connectivity index (χ1v) is 9.44. The molecule has 0 saturated heterocycles. The molecule has 0 saturated carbocycles. The predicted octanol–water partition coefficient (Wildman–Crippen LogP) is 4.16. The lowest BCUT2D eigenvalue weighted by atomic mass is 10.2. The molecule has 0 aliphatic rings. The van der Waals surface area contributed by atoms with Gasteiger partial charge in [-0.05, 0) is 35.6 Å². The molecule has 0 radical (unpaired) electrons. The number of carbonyl (C=O) groups is 1. The number of benzene rings is 1. The van der Waals surface area contributed by atoms with Crippen LogP contribution in [0, 0.1) is 0 Å². The number of amides is 1. The van der Waals surface area contributed by atoms with Crippen molar-refractivity contribution in [3.63, 3.8) is 0 Å². The third-order valence-corrected chi connectivity index (χ3v) is 4.82. The van der Waals surface area contributed by atoms with Crippen molar-refractivity contribution in [1.82, 2.24) is 16.0 Å². The van der Waals surface area contributed by atoms with Crippen LogP contribution in [0.4, 0.5) is 0 Å². The molecule has 3 N–H and O–H groups in total. The maximum atomic E-state index is 11.8. The van der Waals surface area contributed by atoms with Crippen LogP contribution in [0.25, 0.3) is 0 Å². The van der Waals surface area contributed by atoms with Gasteiger partial charge >= 0.3 is 0 Å². The smallest absolute Gasteiger partial charge is 0.261 e. The number of aliphatic imine (C=N–C) groups is 1. The summed E-state index contributed by atoms with van der Waals surface area (Å²) >= 11 is 13.5. The third kappa shape index (κ3) is 7.69. The molecule has 142 valence electrons. The van der Waals surface area contributed by atoms with Crippen molar-refractivity contribution < 1.29 is 4.79 Å². The lowest BCUT2D eigenvalue weighted by Crippen LogP contribution is -2.38. The number of guanidine groups is 1. The Morgan fingerprint density at radius 1 is 1.15 bits per heavy atom. The van der Waals surface area contributed by atoms with Crippen LogP contribution in [0.3, 0.4) is 0 Å². The minimum Gasteiger partial charge on any atom is -0.356 e. The van der Waals surface area contributed by atoms with Gasteiger partial charge in [0.2, 0.25) is 0 Å². The summed E-state index contributed by atoms with van der Waals surface area (Å²) in [6.45, 7) is 1.84. The molecule has 1 amide bonds. The highest BCUT2D eigenvalue weighted by atomic mass is 127. The second-order valence-electron chi connectivity index (χ2n) is 5.18. The van der Waals surface area contributed by atoms with Gasteiger partial charge < -0.3 is 16.0 Å². The number of hydrogen-bond acceptors (Lipinski definition) is 3. The molecule has 2 aromatic rings. The normalized spacial score (nSPS) is 10.8. The zero-order valence-corrected chi connectivity index (χ0v) is 18.9. The lowest BCUT2D eigenvalue weighted by Gasteiger charge is -2.13. The number of halogens is 3. The van der Waals surface area contributed by atoms with Gasteiger partial charge in [-0.2, -0.15) is 0 Å². The zero-order chi connectivity index (χ0) is 18.1. The van der Waals surface area contributed by atoms with Gasteiger partial charge in [0.05, 0.1) is 4.88 Å². The summed E-state index contributed by atoms with van der Waals surface area (Å²) in [4.78, 5) is 16.7. The van der Waals surface area contributed by atoms with Crippen molar-refractivity contribution in [2.24, 2.45) is 4.99 Å². The average Bonchev–Trinajstić information content (AvgIpc) is 3.13. The molecule has 9 heteroatoms. The fraction of sp³-hybridized carbons (Fsp3) is 0.294. The molecule has 0 atom stereocenters. The maximum absolute atomic E-state index is 11.8. The lowest BCUT2D eigenvalue weighted by molar-refractivity contribution is 0.0957. The Balaban J connectivity index is 0.00000338. The summed E-state index contributed by atoms with van der Waals surface area (Å²) in [7, 11) is 1.71. The van der Waals surface area contributed by atoms with E-state index in [2.05, 4.69) is 20.9 Å². The van der Waals surface area contributed by atoms with Crippen LogP contribution in [0.15, 0.2) is 40.7 Å². The molecule has 2 rings (SSSR count). The molecule has 26 heavy (non-hydrogen) atoms. The zero-order valence-electron chi connectivity index (χ0n) is 14.2. The van der Waals surface area contributed by atoms with Crippen LogP contribution in [0.2, 0.25) is 10.0 Å². The van der Waals surface area contributed by atoms with Gasteiger partial charge in [0.25, 0.3) is 5.91 Å². The van der Waals surface area contributed by atoms with Gasteiger partial charge in [-0.3, -0.25) is 9.79 Å². The van der Waals surface area contributed by atoms with Crippen molar-refractivity contribution in [2.45, 2.75) is 13.0 Å². The molecule has 1 aromatic carbocycles. The van der Waals surface area contributed by atoms with Crippen LogP contribution >= 0.6 is 58.5 Å². The first-order chi connectivity index (χ1) is 12.1. The molecule has 0 aliphatic carbocycles.